The number of carbonyl (C=O) groups is 2. The van der Waals surface area contributed by atoms with Crippen molar-refractivity contribution in [2.24, 2.45) is 0 Å². The topological polar surface area (TPSA) is 55.8 Å². The first-order valence-corrected chi connectivity index (χ1v) is 11.1. The Morgan fingerprint density at radius 1 is 1.06 bits per heavy atom. The lowest BCUT2D eigenvalue weighted by Gasteiger charge is -2.44. The number of carbonyl (C=O) groups excluding carboxylic acids is 2. The summed E-state index contributed by atoms with van der Waals surface area (Å²) in [6.07, 6.45) is 1.51. The van der Waals surface area contributed by atoms with Gasteiger partial charge in [-0.25, -0.2) is 0 Å². The molecule has 0 aliphatic carbocycles. The van der Waals surface area contributed by atoms with Crippen LogP contribution in [0.1, 0.15) is 46.3 Å². The lowest BCUT2D eigenvalue weighted by molar-refractivity contribution is -0.136. The smallest absolute Gasteiger partial charge is 0.260 e. The van der Waals surface area contributed by atoms with Gasteiger partial charge in [-0.2, -0.15) is 0 Å². The summed E-state index contributed by atoms with van der Waals surface area (Å²) < 4.78 is 12.0. The van der Waals surface area contributed by atoms with Crippen molar-refractivity contribution in [1.29, 1.82) is 0 Å². The van der Waals surface area contributed by atoms with Crippen LogP contribution in [0.2, 0.25) is 10.0 Å². The molecule has 2 aliphatic heterocycles. The van der Waals surface area contributed by atoms with Crippen LogP contribution in [-0.4, -0.2) is 41.9 Å². The molecule has 164 valence electrons. The molecule has 0 atom stereocenters. The molecule has 31 heavy (non-hydrogen) atoms. The Hall–Kier alpha value is -2.24. The van der Waals surface area contributed by atoms with E-state index >= 15 is 0 Å². The average molecular weight is 462 g/mol. The van der Waals surface area contributed by atoms with Gasteiger partial charge >= 0.3 is 0 Å². The van der Waals surface area contributed by atoms with Gasteiger partial charge in [-0.1, -0.05) is 23.2 Å². The molecule has 2 aromatic carbocycles. The van der Waals surface area contributed by atoms with Crippen LogP contribution in [0.15, 0.2) is 24.3 Å². The lowest BCUT2D eigenvalue weighted by atomic mass is 9.82. The summed E-state index contributed by atoms with van der Waals surface area (Å²) in [6, 6.07) is 7.19. The van der Waals surface area contributed by atoms with Gasteiger partial charge < -0.3 is 14.4 Å². The molecular weight excluding hydrogens is 437 g/mol. The number of ketones is 1. The Kier molecular flexibility index (Phi) is 5.93. The highest BCUT2D eigenvalue weighted by Crippen LogP contribution is 2.41. The van der Waals surface area contributed by atoms with Crippen LogP contribution in [0.3, 0.4) is 0 Å². The first-order chi connectivity index (χ1) is 14.7. The van der Waals surface area contributed by atoms with E-state index in [1.807, 2.05) is 39.0 Å². The van der Waals surface area contributed by atoms with Crippen molar-refractivity contribution in [2.75, 3.05) is 19.7 Å². The molecule has 1 fully saturated rings. The highest BCUT2D eigenvalue weighted by molar-refractivity contribution is 6.32. The van der Waals surface area contributed by atoms with Crippen LogP contribution in [0.4, 0.5) is 0 Å². The molecular formula is C24H25Cl2NO4. The normalized spacial score (nSPS) is 17.3. The molecule has 7 heteroatoms. The number of aryl methyl sites for hydroxylation is 3. The predicted molar refractivity (Wildman–Crippen MR) is 121 cm³/mol. The molecule has 1 amide bonds. The van der Waals surface area contributed by atoms with Gasteiger partial charge in [-0.3, -0.25) is 9.59 Å². The van der Waals surface area contributed by atoms with E-state index in [-0.39, 0.29) is 18.3 Å². The predicted octanol–water partition coefficient (Wildman–Crippen LogP) is 5.32. The third kappa shape index (κ3) is 4.39. The Morgan fingerprint density at radius 2 is 1.71 bits per heavy atom. The number of rotatable bonds is 3. The molecule has 0 N–H and O–H groups in total. The lowest BCUT2D eigenvalue weighted by Crippen LogP contribution is -2.53. The number of fused-ring (bicyclic) bond motifs is 1. The minimum Gasteiger partial charge on any atom is -0.486 e. The van der Waals surface area contributed by atoms with Crippen molar-refractivity contribution in [3.05, 3.63) is 56.6 Å². The van der Waals surface area contributed by atoms with E-state index < -0.39 is 5.60 Å². The standard InChI is InChI=1S/C24H25Cl2NO4/c1-14-10-21-18(11-19(14)25)20(28)12-24(31-21)4-6-27(7-5-24)22(29)13-30-17-8-15(2)23(26)16(3)9-17/h8-11H,4-7,12-13H2,1-3H3. The van der Waals surface area contributed by atoms with Crippen LogP contribution in [-0.2, 0) is 4.79 Å². The summed E-state index contributed by atoms with van der Waals surface area (Å²) in [5, 5.41) is 1.28. The molecule has 0 bridgehead atoms. The summed E-state index contributed by atoms with van der Waals surface area (Å²) in [6.45, 7) is 6.73. The number of Topliss-reactive ketones (excluding diaryl/α,β-unsaturated/α-hetero) is 1. The number of benzene rings is 2. The number of halogens is 2. The summed E-state index contributed by atoms with van der Waals surface area (Å²) >= 11 is 12.4. The van der Waals surface area contributed by atoms with Gasteiger partial charge in [0, 0.05) is 36.0 Å². The third-order valence-electron chi connectivity index (χ3n) is 6.17. The van der Waals surface area contributed by atoms with Gasteiger partial charge in [0.05, 0.1) is 12.0 Å². The van der Waals surface area contributed by atoms with Crippen molar-refractivity contribution in [3.63, 3.8) is 0 Å². The van der Waals surface area contributed by atoms with Gasteiger partial charge in [-0.15, -0.1) is 0 Å². The second kappa shape index (κ2) is 8.36. The summed E-state index contributed by atoms with van der Waals surface area (Å²) in [5.74, 6) is 1.19. The molecule has 0 unspecified atom stereocenters. The molecule has 5 nitrogen and oxygen atoms in total. The number of ether oxygens (including phenoxy) is 2. The van der Waals surface area contributed by atoms with Crippen molar-refractivity contribution in [3.8, 4) is 11.5 Å². The number of piperidine rings is 1. The van der Waals surface area contributed by atoms with E-state index in [1.165, 1.54) is 0 Å². The van der Waals surface area contributed by atoms with Crippen molar-refractivity contribution in [2.45, 2.75) is 45.6 Å². The Labute approximate surface area is 192 Å². The zero-order valence-corrected chi connectivity index (χ0v) is 19.4. The highest BCUT2D eigenvalue weighted by atomic mass is 35.5. The summed E-state index contributed by atoms with van der Waals surface area (Å²) in [4.78, 5) is 27.2. The van der Waals surface area contributed by atoms with E-state index in [1.54, 1.807) is 11.0 Å². The van der Waals surface area contributed by atoms with E-state index in [0.29, 0.717) is 59.5 Å². The Bertz CT molecular complexity index is 1030. The average Bonchev–Trinajstić information content (AvgIpc) is 2.72. The van der Waals surface area contributed by atoms with Crippen molar-refractivity contribution < 1.29 is 19.1 Å². The van der Waals surface area contributed by atoms with Gasteiger partial charge in [0.25, 0.3) is 5.91 Å². The first-order valence-electron chi connectivity index (χ1n) is 10.4. The minimum absolute atomic E-state index is 0.0339. The van der Waals surface area contributed by atoms with E-state index in [9.17, 15) is 9.59 Å². The minimum atomic E-state index is -0.563. The van der Waals surface area contributed by atoms with Gasteiger partial charge in [0.1, 0.15) is 17.1 Å². The largest absolute Gasteiger partial charge is 0.486 e. The van der Waals surface area contributed by atoms with E-state index in [0.717, 1.165) is 16.7 Å². The summed E-state index contributed by atoms with van der Waals surface area (Å²) in [7, 11) is 0. The van der Waals surface area contributed by atoms with Crippen molar-refractivity contribution in [1.82, 2.24) is 4.90 Å². The number of hydrogen-bond acceptors (Lipinski definition) is 4. The maximum atomic E-state index is 12.7. The second-order valence-corrected chi connectivity index (χ2v) is 9.31. The molecule has 1 spiro atoms. The highest BCUT2D eigenvalue weighted by Gasteiger charge is 2.43. The second-order valence-electron chi connectivity index (χ2n) is 8.52. The Morgan fingerprint density at radius 3 is 2.35 bits per heavy atom. The van der Waals surface area contributed by atoms with Crippen LogP contribution in [0, 0.1) is 20.8 Å². The molecule has 0 radical (unpaired) electrons. The summed E-state index contributed by atoms with van der Waals surface area (Å²) in [5.41, 5.74) is 2.69. The van der Waals surface area contributed by atoms with Gasteiger partial charge in [-0.05, 0) is 61.7 Å². The monoisotopic (exact) mass is 461 g/mol. The first kappa shape index (κ1) is 22.0. The van der Waals surface area contributed by atoms with Crippen LogP contribution >= 0.6 is 23.2 Å². The fourth-order valence-corrected chi connectivity index (χ4v) is 4.56. The molecule has 0 aromatic heterocycles. The van der Waals surface area contributed by atoms with Gasteiger partial charge in [0.2, 0.25) is 0 Å². The molecule has 4 rings (SSSR count). The number of amides is 1. The SMILES string of the molecule is Cc1cc2c(cc1Cl)C(=O)CC1(CCN(C(=O)COc3cc(C)c(Cl)c(C)c3)CC1)O2. The van der Waals surface area contributed by atoms with Crippen LogP contribution in [0.5, 0.6) is 11.5 Å². The van der Waals surface area contributed by atoms with Crippen molar-refractivity contribution >= 4 is 34.9 Å². The number of hydrogen-bond donors (Lipinski definition) is 0. The molecule has 2 aromatic rings. The molecule has 1 saturated heterocycles. The van der Waals surface area contributed by atoms with E-state index in [2.05, 4.69) is 0 Å². The van der Waals surface area contributed by atoms with Crippen LogP contribution < -0.4 is 9.47 Å². The fraction of sp³-hybridized carbons (Fsp3) is 0.417. The van der Waals surface area contributed by atoms with Gasteiger partial charge in [0.15, 0.2) is 12.4 Å². The zero-order valence-electron chi connectivity index (χ0n) is 17.9. The maximum Gasteiger partial charge on any atom is 0.260 e. The molecule has 2 aliphatic rings. The maximum absolute atomic E-state index is 12.7. The Balaban J connectivity index is 1.38. The molecule has 0 saturated carbocycles. The molecule has 2 heterocycles. The zero-order chi connectivity index (χ0) is 22.3. The van der Waals surface area contributed by atoms with Crippen LogP contribution in [0.25, 0.3) is 0 Å². The number of likely N-dealkylation sites (tertiary alicyclic amines) is 1. The third-order valence-corrected chi connectivity index (χ3v) is 7.17. The number of nitrogens with zero attached hydrogens (tertiary/aromatic N) is 1. The quantitative estimate of drug-likeness (QED) is 0.619. The fourth-order valence-electron chi connectivity index (χ4n) is 4.28. The van der Waals surface area contributed by atoms with E-state index in [4.69, 9.17) is 32.7 Å².